The molecule has 6 nitrogen and oxygen atoms in total. The van der Waals surface area contributed by atoms with Crippen LogP contribution in [-0.2, 0) is 0 Å². The zero-order chi connectivity index (χ0) is 13.1. The van der Waals surface area contributed by atoms with Crippen molar-refractivity contribution in [2.75, 3.05) is 13.7 Å². The molecule has 1 aromatic carbocycles. The summed E-state index contributed by atoms with van der Waals surface area (Å²) in [4.78, 5) is 4.10. The fraction of sp³-hybridized carbons (Fsp3) is 0.273. The summed E-state index contributed by atoms with van der Waals surface area (Å²) < 4.78 is 10.3. The Morgan fingerprint density at radius 1 is 1.56 bits per heavy atom. The van der Waals surface area contributed by atoms with E-state index >= 15 is 0 Å². The van der Waals surface area contributed by atoms with E-state index in [2.05, 4.69) is 10.1 Å². The predicted octanol–water partition coefficient (Wildman–Crippen LogP) is 1.39. The van der Waals surface area contributed by atoms with E-state index in [1.54, 1.807) is 18.2 Å². The number of ether oxygens (including phenoxy) is 1. The average molecular weight is 270 g/mol. The molecule has 3 N–H and O–H groups in total. The Kier molecular flexibility index (Phi) is 3.81. The highest BCUT2D eigenvalue weighted by Gasteiger charge is 2.17. The van der Waals surface area contributed by atoms with Gasteiger partial charge in [-0.2, -0.15) is 4.98 Å². The predicted molar refractivity (Wildman–Crippen MR) is 65.3 cm³/mol. The summed E-state index contributed by atoms with van der Waals surface area (Å²) in [5, 5.41) is 13.1. The molecule has 2 aromatic rings. The number of aliphatic hydroxyl groups is 1. The number of nitrogens with two attached hydrogens (primary N) is 1. The van der Waals surface area contributed by atoms with Crippen molar-refractivity contribution in [3.8, 4) is 17.2 Å². The number of halogens is 1. The van der Waals surface area contributed by atoms with E-state index in [0.717, 1.165) is 0 Å². The Morgan fingerprint density at radius 2 is 2.33 bits per heavy atom. The Morgan fingerprint density at radius 3 is 3.00 bits per heavy atom. The second-order valence-electron chi connectivity index (χ2n) is 3.59. The number of aliphatic hydroxyl groups excluding tert-OH is 1. The summed E-state index contributed by atoms with van der Waals surface area (Å²) in [5.74, 6) is 1.04. The molecule has 0 radical (unpaired) electrons. The van der Waals surface area contributed by atoms with Crippen molar-refractivity contribution in [1.29, 1.82) is 0 Å². The average Bonchev–Trinajstić information content (AvgIpc) is 2.87. The first-order chi connectivity index (χ1) is 8.65. The second kappa shape index (κ2) is 5.34. The minimum Gasteiger partial charge on any atom is -0.496 e. The third kappa shape index (κ3) is 2.45. The largest absolute Gasteiger partial charge is 0.496 e. The molecule has 0 bridgehead atoms. The van der Waals surface area contributed by atoms with E-state index in [-0.39, 0.29) is 18.3 Å². The molecule has 0 saturated carbocycles. The van der Waals surface area contributed by atoms with Crippen molar-refractivity contribution in [3.63, 3.8) is 0 Å². The minimum atomic E-state index is -0.673. The third-order valence-corrected chi connectivity index (χ3v) is 2.60. The summed E-state index contributed by atoms with van der Waals surface area (Å²) in [6, 6.07) is 4.38. The smallest absolute Gasteiger partial charge is 0.261 e. The number of nitrogens with zero attached hydrogens (tertiary/aromatic N) is 2. The fourth-order valence-corrected chi connectivity index (χ4v) is 1.60. The van der Waals surface area contributed by atoms with Gasteiger partial charge in [-0.05, 0) is 18.2 Å². The quantitative estimate of drug-likeness (QED) is 0.871. The normalized spacial score (nSPS) is 12.4. The maximum atomic E-state index is 8.92. The second-order valence-corrected chi connectivity index (χ2v) is 4.03. The monoisotopic (exact) mass is 269 g/mol. The van der Waals surface area contributed by atoms with Crippen molar-refractivity contribution in [2.45, 2.75) is 6.04 Å². The molecule has 7 heteroatoms. The molecule has 96 valence electrons. The van der Waals surface area contributed by atoms with Gasteiger partial charge in [-0.3, -0.25) is 0 Å². The molecular weight excluding hydrogens is 258 g/mol. The zero-order valence-corrected chi connectivity index (χ0v) is 10.4. The van der Waals surface area contributed by atoms with E-state index in [1.165, 1.54) is 7.11 Å². The van der Waals surface area contributed by atoms with Gasteiger partial charge in [0.1, 0.15) is 5.75 Å². The van der Waals surface area contributed by atoms with Crippen LogP contribution in [0.4, 0.5) is 0 Å². The lowest BCUT2D eigenvalue weighted by atomic mass is 10.2. The van der Waals surface area contributed by atoms with Crippen molar-refractivity contribution in [3.05, 3.63) is 29.0 Å². The topological polar surface area (TPSA) is 94.4 Å². The van der Waals surface area contributed by atoms with Gasteiger partial charge in [0.2, 0.25) is 0 Å². The van der Waals surface area contributed by atoms with Gasteiger partial charge in [0.05, 0.1) is 25.3 Å². The number of aromatic nitrogens is 2. The molecule has 0 aliphatic rings. The first kappa shape index (κ1) is 12.8. The number of benzene rings is 1. The molecule has 0 aliphatic heterocycles. The number of hydrogen-bond acceptors (Lipinski definition) is 6. The maximum absolute atomic E-state index is 8.92. The highest BCUT2D eigenvalue weighted by Crippen LogP contribution is 2.31. The number of methoxy groups -OCH3 is 1. The molecule has 2 rings (SSSR count). The third-order valence-electron chi connectivity index (χ3n) is 2.36. The number of hydrogen-bond donors (Lipinski definition) is 2. The standard InChI is InChI=1S/C11H12ClN3O3/c1-17-9-3-2-6(12)4-7(9)11-14-10(15-18-11)8(13)5-16/h2-4,8,16H,5,13H2,1H3. The summed E-state index contributed by atoms with van der Waals surface area (Å²) in [5.41, 5.74) is 6.17. The van der Waals surface area contributed by atoms with Gasteiger partial charge in [-0.25, -0.2) is 0 Å². The van der Waals surface area contributed by atoms with Crippen LogP contribution in [0, 0.1) is 0 Å². The molecule has 1 atom stereocenters. The van der Waals surface area contributed by atoms with Crippen LogP contribution in [0.1, 0.15) is 11.9 Å². The van der Waals surface area contributed by atoms with Gasteiger partial charge in [0.15, 0.2) is 5.82 Å². The minimum absolute atomic E-state index is 0.231. The zero-order valence-electron chi connectivity index (χ0n) is 9.63. The first-order valence-electron chi connectivity index (χ1n) is 5.19. The van der Waals surface area contributed by atoms with Crippen LogP contribution < -0.4 is 10.5 Å². The van der Waals surface area contributed by atoms with Crippen LogP contribution in [0.5, 0.6) is 5.75 Å². The van der Waals surface area contributed by atoms with Crippen LogP contribution in [0.15, 0.2) is 22.7 Å². The van der Waals surface area contributed by atoms with Crippen LogP contribution in [0.2, 0.25) is 5.02 Å². The van der Waals surface area contributed by atoms with E-state index in [9.17, 15) is 0 Å². The van der Waals surface area contributed by atoms with Gasteiger partial charge in [-0.15, -0.1) is 0 Å². The van der Waals surface area contributed by atoms with Crippen molar-refractivity contribution >= 4 is 11.6 Å². The van der Waals surface area contributed by atoms with Crippen molar-refractivity contribution < 1.29 is 14.4 Å². The molecule has 0 fully saturated rings. The Balaban J connectivity index is 2.42. The van der Waals surface area contributed by atoms with Crippen molar-refractivity contribution in [1.82, 2.24) is 10.1 Å². The van der Waals surface area contributed by atoms with Crippen LogP contribution >= 0.6 is 11.6 Å². The fourth-order valence-electron chi connectivity index (χ4n) is 1.42. The molecule has 0 spiro atoms. The lowest BCUT2D eigenvalue weighted by Gasteiger charge is -2.04. The van der Waals surface area contributed by atoms with Gasteiger partial charge >= 0.3 is 0 Å². The number of rotatable bonds is 4. The lowest BCUT2D eigenvalue weighted by Crippen LogP contribution is -2.15. The summed E-state index contributed by atoms with van der Waals surface area (Å²) >= 11 is 5.91. The Bertz CT molecular complexity index is 544. The molecule has 1 heterocycles. The lowest BCUT2D eigenvalue weighted by molar-refractivity contribution is 0.260. The van der Waals surface area contributed by atoms with Gasteiger partial charge in [0, 0.05) is 5.02 Å². The molecule has 1 aromatic heterocycles. The molecule has 0 saturated heterocycles. The van der Waals surface area contributed by atoms with Crippen LogP contribution in [0.3, 0.4) is 0 Å². The maximum Gasteiger partial charge on any atom is 0.261 e. The molecule has 0 aliphatic carbocycles. The van der Waals surface area contributed by atoms with E-state index < -0.39 is 6.04 Å². The first-order valence-corrected chi connectivity index (χ1v) is 5.57. The van der Waals surface area contributed by atoms with E-state index in [1.807, 2.05) is 0 Å². The summed E-state index contributed by atoms with van der Waals surface area (Å²) in [6.07, 6.45) is 0. The summed E-state index contributed by atoms with van der Waals surface area (Å²) in [7, 11) is 1.53. The molecule has 1 unspecified atom stereocenters. The van der Waals surface area contributed by atoms with Gasteiger partial charge < -0.3 is 20.1 Å². The SMILES string of the molecule is COc1ccc(Cl)cc1-c1nc(C(N)CO)no1. The van der Waals surface area contributed by atoms with Crippen LogP contribution in [-0.4, -0.2) is 29.0 Å². The van der Waals surface area contributed by atoms with E-state index in [4.69, 9.17) is 31.7 Å². The Labute approximate surface area is 108 Å². The van der Waals surface area contributed by atoms with Crippen LogP contribution in [0.25, 0.3) is 11.5 Å². The van der Waals surface area contributed by atoms with Crippen molar-refractivity contribution in [2.24, 2.45) is 5.73 Å². The molecular formula is C11H12ClN3O3. The summed E-state index contributed by atoms with van der Waals surface area (Å²) in [6.45, 7) is -0.258. The molecule has 0 amide bonds. The Hall–Kier alpha value is -1.63. The molecule has 18 heavy (non-hydrogen) atoms. The van der Waals surface area contributed by atoms with E-state index in [0.29, 0.717) is 16.3 Å². The highest BCUT2D eigenvalue weighted by atomic mass is 35.5. The highest BCUT2D eigenvalue weighted by molar-refractivity contribution is 6.30. The van der Waals surface area contributed by atoms with Gasteiger partial charge in [-0.1, -0.05) is 16.8 Å². The van der Waals surface area contributed by atoms with Gasteiger partial charge in [0.25, 0.3) is 5.89 Å².